The number of anilines is 2. The van der Waals surface area contributed by atoms with Gasteiger partial charge in [0.05, 0.1) is 0 Å². The first-order valence-corrected chi connectivity index (χ1v) is 13.0. The normalized spacial score (nSPS) is 10.8. The summed E-state index contributed by atoms with van der Waals surface area (Å²) in [4.78, 5) is 0. The zero-order valence-electron chi connectivity index (χ0n) is 14.6. The van der Waals surface area contributed by atoms with Crippen LogP contribution < -0.4 is 47.7 Å². The van der Waals surface area contributed by atoms with E-state index in [1.807, 2.05) is 0 Å². The molecule has 4 aromatic carbocycles. The van der Waals surface area contributed by atoms with Crippen LogP contribution in [0, 0.1) is 14.3 Å². The molecule has 0 aromatic heterocycles. The third kappa shape index (κ3) is 5.56. The molecule has 3 heteroatoms. The standard InChI is InChI=1S/C24H19I2N/c1-3-7-19(8-4-1)25-21-11-15-23(16-12-21)27-24-17-13-22(14-18-24)26-20-9-5-2-6-10-20/h1-18,27H/q-2. The van der Waals surface area contributed by atoms with Crippen molar-refractivity contribution in [3.8, 4) is 0 Å². The first-order chi connectivity index (χ1) is 13.3. The third-order valence-corrected chi connectivity index (χ3v) is 9.25. The van der Waals surface area contributed by atoms with Crippen LogP contribution in [0.1, 0.15) is 0 Å². The monoisotopic (exact) mass is 575 g/mol. The third-order valence-electron chi connectivity index (χ3n) is 3.88. The summed E-state index contributed by atoms with van der Waals surface area (Å²) < 4.78 is 5.78. The molecule has 0 bridgehead atoms. The van der Waals surface area contributed by atoms with E-state index in [0.29, 0.717) is 0 Å². The molecular weight excluding hydrogens is 556 g/mol. The number of halogens is 2. The molecule has 0 saturated heterocycles. The fourth-order valence-electron chi connectivity index (χ4n) is 2.57. The van der Waals surface area contributed by atoms with Gasteiger partial charge in [-0.1, -0.05) is 0 Å². The number of nitrogens with one attached hydrogen (secondary N) is 1. The molecule has 0 aliphatic heterocycles. The van der Waals surface area contributed by atoms with Crippen LogP contribution in [0.25, 0.3) is 0 Å². The van der Waals surface area contributed by atoms with Gasteiger partial charge < -0.3 is 0 Å². The number of hydrogen-bond acceptors (Lipinski definition) is 1. The van der Waals surface area contributed by atoms with E-state index < -0.39 is 0 Å². The summed E-state index contributed by atoms with van der Waals surface area (Å²) in [6.07, 6.45) is 0. The van der Waals surface area contributed by atoms with Crippen molar-refractivity contribution in [2.75, 3.05) is 5.32 Å². The minimum absolute atomic E-state index is 0.0981. The van der Waals surface area contributed by atoms with Crippen molar-refractivity contribution < 1.29 is 42.4 Å². The average Bonchev–Trinajstić information content (AvgIpc) is 2.73. The molecule has 136 valence electrons. The van der Waals surface area contributed by atoms with E-state index in [0.717, 1.165) is 11.4 Å². The molecular formula is C24H19I2N-2. The van der Waals surface area contributed by atoms with Gasteiger partial charge in [0.15, 0.2) is 0 Å². The van der Waals surface area contributed by atoms with Crippen molar-refractivity contribution in [1.29, 1.82) is 0 Å². The molecule has 0 fully saturated rings. The Bertz CT molecular complexity index is 883. The summed E-state index contributed by atoms with van der Waals surface area (Å²) in [5, 5.41) is 3.51. The van der Waals surface area contributed by atoms with E-state index in [9.17, 15) is 0 Å². The SMILES string of the molecule is c1ccc([I-]c2ccc(Nc3ccc([I-]c4ccccc4)cc3)cc2)cc1. The molecule has 0 heterocycles. The van der Waals surface area contributed by atoms with Crippen LogP contribution in [0.4, 0.5) is 11.4 Å². The second kappa shape index (κ2) is 9.37. The van der Waals surface area contributed by atoms with E-state index in [-0.39, 0.29) is 42.4 Å². The Hall–Kier alpha value is -1.86. The first-order valence-electron chi connectivity index (χ1n) is 8.72. The Morgan fingerprint density at radius 2 is 0.704 bits per heavy atom. The van der Waals surface area contributed by atoms with Crippen LogP contribution in [-0.4, -0.2) is 0 Å². The zero-order chi connectivity index (χ0) is 18.3. The fourth-order valence-corrected chi connectivity index (χ4v) is 6.99. The Morgan fingerprint density at radius 1 is 0.370 bits per heavy atom. The summed E-state index contributed by atoms with van der Waals surface area (Å²) in [7, 11) is 0. The van der Waals surface area contributed by atoms with E-state index >= 15 is 0 Å². The van der Waals surface area contributed by atoms with Gasteiger partial charge in [-0.05, 0) is 0 Å². The van der Waals surface area contributed by atoms with Gasteiger partial charge in [-0.15, -0.1) is 0 Å². The Balaban J connectivity index is 1.37. The fraction of sp³-hybridized carbons (Fsp3) is 0. The molecule has 0 aliphatic rings. The van der Waals surface area contributed by atoms with E-state index in [4.69, 9.17) is 0 Å². The molecule has 0 saturated carbocycles. The molecule has 4 aromatic rings. The van der Waals surface area contributed by atoms with Crippen LogP contribution in [-0.2, 0) is 0 Å². The predicted octanol–water partition coefficient (Wildman–Crippen LogP) is -0.313. The average molecular weight is 575 g/mol. The van der Waals surface area contributed by atoms with Gasteiger partial charge in [-0.2, -0.15) is 0 Å². The quantitative estimate of drug-likeness (QED) is 0.312. The summed E-state index contributed by atoms with van der Waals surface area (Å²) in [6, 6.07) is 39.2. The number of rotatable bonds is 6. The molecule has 0 aliphatic carbocycles. The van der Waals surface area contributed by atoms with Crippen molar-refractivity contribution in [3.63, 3.8) is 0 Å². The number of benzene rings is 4. The zero-order valence-corrected chi connectivity index (χ0v) is 19.0. The van der Waals surface area contributed by atoms with Crippen LogP contribution in [0.5, 0.6) is 0 Å². The molecule has 0 unspecified atom stereocenters. The number of hydrogen-bond donors (Lipinski definition) is 1. The topological polar surface area (TPSA) is 12.0 Å². The molecule has 4 rings (SSSR count). The second-order valence-electron chi connectivity index (χ2n) is 5.92. The van der Waals surface area contributed by atoms with Crippen molar-refractivity contribution in [1.82, 2.24) is 0 Å². The molecule has 0 spiro atoms. The Labute approximate surface area is 181 Å². The van der Waals surface area contributed by atoms with Crippen LogP contribution in [0.2, 0.25) is 0 Å². The Morgan fingerprint density at radius 3 is 1.07 bits per heavy atom. The van der Waals surface area contributed by atoms with Crippen molar-refractivity contribution in [3.05, 3.63) is 123 Å². The van der Waals surface area contributed by atoms with Gasteiger partial charge in [0, 0.05) is 0 Å². The molecule has 1 nitrogen and oxygen atoms in total. The van der Waals surface area contributed by atoms with Crippen LogP contribution in [0.15, 0.2) is 109 Å². The van der Waals surface area contributed by atoms with Gasteiger partial charge in [0.25, 0.3) is 0 Å². The van der Waals surface area contributed by atoms with Gasteiger partial charge in [0.1, 0.15) is 0 Å². The van der Waals surface area contributed by atoms with E-state index in [2.05, 4.69) is 115 Å². The van der Waals surface area contributed by atoms with Crippen molar-refractivity contribution in [2.24, 2.45) is 0 Å². The summed E-state index contributed by atoms with van der Waals surface area (Å²) >= 11 is -0.196. The van der Waals surface area contributed by atoms with Gasteiger partial charge in [0.2, 0.25) is 0 Å². The molecule has 1 N–H and O–H groups in total. The second-order valence-corrected chi connectivity index (χ2v) is 12.0. The minimum atomic E-state index is -0.0981. The summed E-state index contributed by atoms with van der Waals surface area (Å²) in [6.45, 7) is 0. The predicted molar refractivity (Wildman–Crippen MR) is 104 cm³/mol. The van der Waals surface area contributed by atoms with E-state index in [1.165, 1.54) is 14.3 Å². The van der Waals surface area contributed by atoms with Crippen LogP contribution >= 0.6 is 0 Å². The molecule has 0 atom stereocenters. The van der Waals surface area contributed by atoms with E-state index in [1.54, 1.807) is 0 Å². The molecule has 0 radical (unpaired) electrons. The Kier molecular flexibility index (Phi) is 6.42. The van der Waals surface area contributed by atoms with Gasteiger partial charge in [-0.25, -0.2) is 0 Å². The van der Waals surface area contributed by atoms with Crippen molar-refractivity contribution in [2.45, 2.75) is 0 Å². The molecule has 27 heavy (non-hydrogen) atoms. The maximum absolute atomic E-state index is 3.51. The summed E-state index contributed by atoms with van der Waals surface area (Å²) in [5.41, 5.74) is 2.28. The molecule has 0 amide bonds. The van der Waals surface area contributed by atoms with Crippen molar-refractivity contribution >= 4 is 11.4 Å². The van der Waals surface area contributed by atoms with Gasteiger partial charge in [-0.3, -0.25) is 0 Å². The summed E-state index contributed by atoms with van der Waals surface area (Å²) in [5.74, 6) is 0. The maximum atomic E-state index is 3.51. The van der Waals surface area contributed by atoms with Gasteiger partial charge >= 0.3 is 183 Å². The first kappa shape index (κ1) is 18.5. The van der Waals surface area contributed by atoms with Crippen LogP contribution in [0.3, 0.4) is 0 Å².